The highest BCUT2D eigenvalue weighted by molar-refractivity contribution is 7.23. The number of rotatable bonds is 4. The number of aromatic nitrogens is 2. The van der Waals surface area contributed by atoms with Gasteiger partial charge in [0.15, 0.2) is 0 Å². The van der Waals surface area contributed by atoms with Gasteiger partial charge in [0, 0.05) is 48.2 Å². The summed E-state index contributed by atoms with van der Waals surface area (Å²) >= 11 is 8.00. The molecule has 1 aliphatic carbocycles. The lowest BCUT2D eigenvalue weighted by Crippen LogP contribution is -2.45. The van der Waals surface area contributed by atoms with Crippen molar-refractivity contribution in [3.63, 3.8) is 0 Å². The summed E-state index contributed by atoms with van der Waals surface area (Å²) in [7, 11) is 3.27. The number of anilines is 2. The van der Waals surface area contributed by atoms with Gasteiger partial charge in [0.1, 0.15) is 29.1 Å². The zero-order valence-electron chi connectivity index (χ0n) is 24.1. The Morgan fingerprint density at radius 2 is 1.98 bits per heavy atom. The number of benzene rings is 2. The highest BCUT2D eigenvalue weighted by Gasteiger charge is 2.36. The molecule has 1 saturated carbocycles. The molecule has 2 unspecified atom stereocenters. The van der Waals surface area contributed by atoms with E-state index in [2.05, 4.69) is 27.0 Å². The lowest BCUT2D eigenvalue weighted by molar-refractivity contribution is 0.0751. The molecule has 4 heterocycles. The van der Waals surface area contributed by atoms with Crippen LogP contribution in [0.2, 0.25) is 5.02 Å². The zero-order chi connectivity index (χ0) is 31.3. The monoisotopic (exact) mass is 637 g/mol. The predicted molar refractivity (Wildman–Crippen MR) is 167 cm³/mol. The van der Waals surface area contributed by atoms with Gasteiger partial charge in [-0.1, -0.05) is 17.7 Å². The molecule has 9 nitrogen and oxygen atoms in total. The first-order chi connectivity index (χ1) is 21.2. The smallest absolute Gasteiger partial charge is 0.316 e. The van der Waals surface area contributed by atoms with Gasteiger partial charge in [0.25, 0.3) is 0 Å². The second kappa shape index (κ2) is 11.9. The number of aliphatic hydroxyl groups excluding tert-OH is 1. The third-order valence-electron chi connectivity index (χ3n) is 8.88. The minimum atomic E-state index is -0.526. The summed E-state index contributed by atoms with van der Waals surface area (Å²) < 4.78 is 32.7. The molecule has 0 spiro atoms. The largest absolute Gasteiger partial charge is 0.467 e. The molecule has 2 aromatic heterocycles. The van der Waals surface area contributed by atoms with E-state index >= 15 is 0 Å². The van der Waals surface area contributed by atoms with Crippen LogP contribution in [0.3, 0.4) is 0 Å². The number of nitriles is 2. The number of hydrogen-bond acceptors (Lipinski definition) is 10. The van der Waals surface area contributed by atoms with E-state index in [-0.39, 0.29) is 37.9 Å². The minimum Gasteiger partial charge on any atom is -0.467 e. The average Bonchev–Trinajstić information content (AvgIpc) is 3.68. The number of alkyl halides is 1. The van der Waals surface area contributed by atoms with Gasteiger partial charge in [-0.15, -0.1) is 11.3 Å². The molecule has 2 atom stereocenters. The number of halogens is 3. The van der Waals surface area contributed by atoms with Gasteiger partial charge >= 0.3 is 6.01 Å². The maximum atomic E-state index is 14.7. The van der Waals surface area contributed by atoms with Crippen LogP contribution in [0.1, 0.15) is 43.2 Å². The fourth-order valence-electron chi connectivity index (χ4n) is 6.59. The van der Waals surface area contributed by atoms with Crippen LogP contribution in [-0.2, 0) is 0 Å². The molecule has 13 heteroatoms. The van der Waals surface area contributed by atoms with Gasteiger partial charge in [0.05, 0.1) is 45.3 Å². The quantitative estimate of drug-likeness (QED) is 0.285. The van der Waals surface area contributed by atoms with Gasteiger partial charge in [0.2, 0.25) is 0 Å². The van der Waals surface area contributed by atoms with Crippen molar-refractivity contribution in [2.45, 2.75) is 56.5 Å². The number of hydrogen-bond donors (Lipinski definition) is 2. The molecule has 44 heavy (non-hydrogen) atoms. The second-order valence-electron chi connectivity index (χ2n) is 11.4. The summed E-state index contributed by atoms with van der Waals surface area (Å²) in [5.41, 5.74) is 7.87. The molecule has 3 N–H and O–H groups in total. The maximum absolute atomic E-state index is 14.7. The van der Waals surface area contributed by atoms with E-state index in [9.17, 15) is 24.4 Å². The van der Waals surface area contributed by atoms with E-state index < -0.39 is 18.1 Å². The minimum absolute atomic E-state index is 0.00767. The fraction of sp³-hybridized carbons (Fsp3) is 0.419. The van der Waals surface area contributed by atoms with Gasteiger partial charge in [-0.05, 0) is 50.3 Å². The number of ether oxygens (including phenoxy) is 1. The Balaban J connectivity index is 0.000000323. The normalized spacial score (nSPS) is 22.5. The van der Waals surface area contributed by atoms with Crippen molar-refractivity contribution in [1.29, 1.82) is 10.5 Å². The number of thiophene rings is 1. The Kier molecular flexibility index (Phi) is 8.20. The summed E-state index contributed by atoms with van der Waals surface area (Å²) in [6, 6.07) is 7.69. The Morgan fingerprint density at radius 3 is 2.64 bits per heavy atom. The van der Waals surface area contributed by atoms with Crippen LogP contribution in [0.5, 0.6) is 6.01 Å². The van der Waals surface area contributed by atoms with Crippen molar-refractivity contribution in [2.75, 3.05) is 37.9 Å². The number of methoxy groups -OCH3 is 1. The molecule has 3 aliphatic rings. The molecule has 0 radical (unpaired) electrons. The molecular weight excluding hydrogens is 608 g/mol. The Labute approximate surface area is 262 Å². The first kappa shape index (κ1) is 30.2. The molecule has 4 aromatic rings. The van der Waals surface area contributed by atoms with Crippen molar-refractivity contribution in [3.05, 3.63) is 40.3 Å². The lowest BCUT2D eigenvalue weighted by atomic mass is 9.87. The van der Waals surface area contributed by atoms with E-state index in [4.69, 9.17) is 22.1 Å². The van der Waals surface area contributed by atoms with E-state index in [1.807, 2.05) is 11.9 Å². The average molecular weight is 638 g/mol. The first-order valence-electron chi connectivity index (χ1n) is 14.3. The summed E-state index contributed by atoms with van der Waals surface area (Å²) in [4.78, 5) is 12.9. The van der Waals surface area contributed by atoms with Crippen molar-refractivity contribution < 1.29 is 18.6 Å². The number of nitrogen functional groups attached to an aromatic ring is 1. The molecule has 2 aliphatic heterocycles. The number of fused-ring (bicyclic) bond motifs is 3. The number of nitrogens with zero attached hydrogens (tertiary/aromatic N) is 6. The van der Waals surface area contributed by atoms with Gasteiger partial charge < -0.3 is 20.5 Å². The number of nitrogens with two attached hydrogens (primary N) is 1. The van der Waals surface area contributed by atoms with Gasteiger partial charge in [-0.3, -0.25) is 4.90 Å². The topological polar surface area (TPSA) is 135 Å². The zero-order valence-corrected chi connectivity index (χ0v) is 25.7. The second-order valence-corrected chi connectivity index (χ2v) is 12.8. The molecule has 2 saturated heterocycles. The Hall–Kier alpha value is -3.81. The van der Waals surface area contributed by atoms with Crippen LogP contribution >= 0.6 is 22.9 Å². The maximum Gasteiger partial charge on any atom is 0.316 e. The first-order valence-corrected chi connectivity index (χ1v) is 15.5. The van der Waals surface area contributed by atoms with Crippen LogP contribution in [0, 0.1) is 28.5 Å². The highest BCUT2D eigenvalue weighted by atomic mass is 35.5. The highest BCUT2D eigenvalue weighted by Crippen LogP contribution is 2.49. The van der Waals surface area contributed by atoms with Crippen molar-refractivity contribution in [1.82, 2.24) is 14.9 Å². The number of aliphatic hydroxyl groups is 1. The third-order valence-corrected chi connectivity index (χ3v) is 10.3. The van der Waals surface area contributed by atoms with E-state index in [0.29, 0.717) is 58.5 Å². The molecular formula is C31H30ClF2N7O2S. The standard InChI is InChI=1S/C24H18ClFN6O2S.C7H12FN/c1-32(10-5-11(33)6-10)21-15-9-30-24(34-2)31-20(15)13(7-27)17(19(21)25)12-3-4-16(26)22-18(12)14(8-28)23(29)35-22;8-6-4-7-2-1-3-9(7)5-6/h3-4,9-11,33H,5-6,29H2,1-2H3;6-7H,1-5H2. The van der Waals surface area contributed by atoms with E-state index in [1.165, 1.54) is 32.1 Å². The van der Waals surface area contributed by atoms with Crippen LogP contribution < -0.4 is 15.4 Å². The van der Waals surface area contributed by atoms with Gasteiger partial charge in [-0.25, -0.2) is 13.8 Å². The van der Waals surface area contributed by atoms with Crippen molar-refractivity contribution in [3.8, 4) is 29.3 Å². The molecule has 0 bridgehead atoms. The summed E-state index contributed by atoms with van der Waals surface area (Å²) in [5, 5.41) is 31.1. The molecule has 2 aromatic carbocycles. The fourth-order valence-corrected chi connectivity index (χ4v) is 7.97. The van der Waals surface area contributed by atoms with Crippen molar-refractivity contribution in [2.24, 2.45) is 0 Å². The lowest BCUT2D eigenvalue weighted by Gasteiger charge is -2.40. The summed E-state index contributed by atoms with van der Waals surface area (Å²) in [6.45, 7) is 1.86. The molecule has 228 valence electrons. The Morgan fingerprint density at radius 1 is 1.23 bits per heavy atom. The summed E-state index contributed by atoms with van der Waals surface area (Å²) in [5.74, 6) is -0.526. The van der Waals surface area contributed by atoms with E-state index in [1.54, 1.807) is 6.20 Å². The van der Waals surface area contributed by atoms with Crippen LogP contribution in [0.25, 0.3) is 32.1 Å². The van der Waals surface area contributed by atoms with Crippen molar-refractivity contribution >= 4 is 54.6 Å². The van der Waals surface area contributed by atoms with Crippen LogP contribution in [-0.4, -0.2) is 71.6 Å². The van der Waals surface area contributed by atoms with Gasteiger partial charge in [-0.2, -0.15) is 15.5 Å². The third kappa shape index (κ3) is 5.06. The molecule has 7 rings (SSSR count). The SMILES string of the molecule is COc1ncc2c(N(C)C3CC(O)C3)c(Cl)c(-c3ccc(F)c4sc(N)c(C#N)c34)c(C#N)c2n1.FC1CC2CCCN2C1. The molecule has 3 fully saturated rings. The summed E-state index contributed by atoms with van der Waals surface area (Å²) in [6.07, 6.45) is 5.07. The van der Waals surface area contributed by atoms with Crippen LogP contribution in [0.15, 0.2) is 18.3 Å². The van der Waals surface area contributed by atoms with E-state index in [0.717, 1.165) is 24.3 Å². The Bertz CT molecular complexity index is 1840. The van der Waals surface area contributed by atoms with Crippen LogP contribution in [0.4, 0.5) is 19.5 Å². The molecule has 0 amide bonds. The predicted octanol–water partition coefficient (Wildman–Crippen LogP) is 5.79.